The first kappa shape index (κ1) is 23.5. The van der Waals surface area contributed by atoms with Crippen LogP contribution >= 0.6 is 0 Å². The zero-order valence-electron chi connectivity index (χ0n) is 16.0. The molecule has 0 heterocycles. The maximum absolute atomic E-state index is 11.9. The zero-order valence-corrected chi connectivity index (χ0v) is 16.0. The fourth-order valence-electron chi connectivity index (χ4n) is 2.37. The van der Waals surface area contributed by atoms with Gasteiger partial charge in [0.2, 0.25) is 0 Å². The Bertz CT molecular complexity index is 664. The first-order valence-corrected chi connectivity index (χ1v) is 8.66. The molecule has 6 heteroatoms. The predicted octanol–water partition coefficient (Wildman–Crippen LogP) is 3.75. The Morgan fingerprint density at radius 3 is 1.88 bits per heavy atom. The Hall–Kier alpha value is -2.50. The summed E-state index contributed by atoms with van der Waals surface area (Å²) >= 11 is 0. The third kappa shape index (κ3) is 5.79. The summed E-state index contributed by atoms with van der Waals surface area (Å²) in [4.78, 5) is 44.5. The minimum atomic E-state index is -1.17. The van der Waals surface area contributed by atoms with Crippen molar-refractivity contribution in [3.63, 3.8) is 0 Å². The normalized spacial score (nSPS) is 13.6. The number of Topliss-reactive ketones (excluding diaryl/α,β-unsaturated/α-hetero) is 2. The van der Waals surface area contributed by atoms with Gasteiger partial charge in [-0.1, -0.05) is 45.0 Å². The number of carboxylic acid groups (broad SMARTS) is 2. The van der Waals surface area contributed by atoms with E-state index in [2.05, 4.69) is 0 Å². The molecule has 0 aliphatic heterocycles. The lowest BCUT2D eigenvalue weighted by molar-refractivity contribution is -0.154. The second kappa shape index (κ2) is 10.5. The second-order valence-corrected chi connectivity index (χ2v) is 6.25. The van der Waals surface area contributed by atoms with Crippen molar-refractivity contribution in [1.29, 1.82) is 0 Å². The molecule has 0 amide bonds. The van der Waals surface area contributed by atoms with E-state index in [1.54, 1.807) is 32.9 Å². The van der Waals surface area contributed by atoms with Crippen molar-refractivity contribution in [3.8, 4) is 0 Å². The number of carboxylic acids is 2. The van der Waals surface area contributed by atoms with E-state index < -0.39 is 23.3 Å². The molecular weight excluding hydrogens is 336 g/mol. The summed E-state index contributed by atoms with van der Waals surface area (Å²) < 4.78 is 0. The van der Waals surface area contributed by atoms with Crippen molar-refractivity contribution in [2.24, 2.45) is 11.3 Å². The van der Waals surface area contributed by atoms with Crippen LogP contribution in [-0.4, -0.2) is 33.7 Å². The Morgan fingerprint density at radius 2 is 1.58 bits per heavy atom. The van der Waals surface area contributed by atoms with Gasteiger partial charge in [0.25, 0.3) is 0 Å². The van der Waals surface area contributed by atoms with Gasteiger partial charge in [-0.05, 0) is 32.3 Å². The summed E-state index contributed by atoms with van der Waals surface area (Å²) in [7, 11) is 0. The van der Waals surface area contributed by atoms with Crippen molar-refractivity contribution in [1.82, 2.24) is 0 Å². The van der Waals surface area contributed by atoms with E-state index in [9.17, 15) is 19.2 Å². The molecule has 2 atom stereocenters. The summed E-state index contributed by atoms with van der Waals surface area (Å²) in [5, 5.41) is 17.6. The van der Waals surface area contributed by atoms with Gasteiger partial charge < -0.3 is 10.2 Å². The largest absolute Gasteiger partial charge is 0.481 e. The van der Waals surface area contributed by atoms with E-state index in [-0.39, 0.29) is 18.0 Å². The van der Waals surface area contributed by atoms with Crippen LogP contribution in [0.1, 0.15) is 62.9 Å². The van der Waals surface area contributed by atoms with Gasteiger partial charge in [0.1, 0.15) is 17.1 Å². The third-order valence-electron chi connectivity index (χ3n) is 4.55. The Balaban J connectivity index is 0.000000508. The monoisotopic (exact) mass is 364 g/mol. The SMILES string of the molecule is CCC(=O)C(C)(CC)C(=O)O.CCC(C(=O)O)C(=O)c1ccccc1C. The minimum absolute atomic E-state index is 0.201. The van der Waals surface area contributed by atoms with Crippen LogP contribution < -0.4 is 0 Å². The molecule has 0 spiro atoms. The highest BCUT2D eigenvalue weighted by molar-refractivity contribution is 6.08. The van der Waals surface area contributed by atoms with Crippen molar-refractivity contribution in [2.45, 2.75) is 53.9 Å². The van der Waals surface area contributed by atoms with E-state index in [0.717, 1.165) is 5.56 Å². The highest BCUT2D eigenvalue weighted by Gasteiger charge is 2.37. The lowest BCUT2D eigenvalue weighted by Crippen LogP contribution is -2.35. The number of hydrogen-bond donors (Lipinski definition) is 2. The molecule has 0 aliphatic rings. The number of ketones is 2. The lowest BCUT2D eigenvalue weighted by atomic mass is 9.82. The Kier molecular flexibility index (Phi) is 9.47. The molecule has 6 nitrogen and oxygen atoms in total. The molecule has 0 saturated carbocycles. The molecule has 1 aromatic rings. The fourth-order valence-corrected chi connectivity index (χ4v) is 2.37. The zero-order chi connectivity index (χ0) is 20.5. The van der Waals surface area contributed by atoms with E-state index in [1.165, 1.54) is 6.92 Å². The van der Waals surface area contributed by atoms with Crippen LogP contribution in [0.15, 0.2) is 24.3 Å². The van der Waals surface area contributed by atoms with Crippen LogP contribution in [-0.2, 0) is 14.4 Å². The molecule has 2 N–H and O–H groups in total. The van der Waals surface area contributed by atoms with Crippen LogP contribution in [0.4, 0.5) is 0 Å². The smallest absolute Gasteiger partial charge is 0.316 e. The van der Waals surface area contributed by atoms with E-state index in [1.807, 2.05) is 19.1 Å². The van der Waals surface area contributed by atoms with Crippen molar-refractivity contribution in [3.05, 3.63) is 35.4 Å². The fraction of sp³-hybridized carbons (Fsp3) is 0.500. The predicted molar refractivity (Wildman–Crippen MR) is 98.3 cm³/mol. The van der Waals surface area contributed by atoms with Crippen molar-refractivity contribution >= 4 is 23.5 Å². The summed E-state index contributed by atoms with van der Waals surface area (Å²) in [5.41, 5.74) is 0.156. The molecule has 0 bridgehead atoms. The minimum Gasteiger partial charge on any atom is -0.481 e. The molecule has 1 aromatic carbocycles. The van der Waals surface area contributed by atoms with Gasteiger partial charge >= 0.3 is 11.9 Å². The van der Waals surface area contributed by atoms with Crippen LogP contribution in [0.25, 0.3) is 0 Å². The molecule has 1 rings (SSSR count). The van der Waals surface area contributed by atoms with Gasteiger partial charge in [-0.15, -0.1) is 0 Å². The summed E-state index contributed by atoms with van der Waals surface area (Å²) in [6, 6.07) is 7.05. The van der Waals surface area contributed by atoms with Gasteiger partial charge in [0.05, 0.1) is 0 Å². The van der Waals surface area contributed by atoms with Gasteiger partial charge in [0, 0.05) is 12.0 Å². The topological polar surface area (TPSA) is 109 Å². The molecule has 0 aromatic heterocycles. The van der Waals surface area contributed by atoms with Crippen molar-refractivity contribution in [2.75, 3.05) is 0 Å². The summed E-state index contributed by atoms with van der Waals surface area (Å²) in [6.45, 7) is 8.37. The first-order valence-electron chi connectivity index (χ1n) is 8.66. The number of benzene rings is 1. The van der Waals surface area contributed by atoms with Gasteiger partial charge in [0.15, 0.2) is 5.78 Å². The Labute approximate surface area is 154 Å². The van der Waals surface area contributed by atoms with Crippen LogP contribution in [0, 0.1) is 18.3 Å². The van der Waals surface area contributed by atoms with Gasteiger partial charge in [-0.2, -0.15) is 0 Å². The Morgan fingerprint density at radius 1 is 1.04 bits per heavy atom. The molecule has 26 heavy (non-hydrogen) atoms. The first-order chi connectivity index (χ1) is 12.1. The molecule has 144 valence electrons. The molecule has 0 fully saturated rings. The van der Waals surface area contributed by atoms with Gasteiger partial charge in [-0.25, -0.2) is 0 Å². The average Bonchev–Trinajstić information content (AvgIpc) is 2.61. The molecular formula is C20H28O6. The summed E-state index contributed by atoms with van der Waals surface area (Å²) in [6.07, 6.45) is 0.966. The number of aliphatic carboxylic acids is 2. The summed E-state index contributed by atoms with van der Waals surface area (Å²) in [5.74, 6) is -3.50. The maximum atomic E-state index is 11.9. The number of carbonyl (C=O) groups excluding carboxylic acids is 2. The lowest BCUT2D eigenvalue weighted by Gasteiger charge is -2.19. The molecule has 0 aliphatic carbocycles. The van der Waals surface area contributed by atoms with E-state index in [0.29, 0.717) is 18.4 Å². The van der Waals surface area contributed by atoms with E-state index in [4.69, 9.17) is 10.2 Å². The van der Waals surface area contributed by atoms with Crippen LogP contribution in [0.5, 0.6) is 0 Å². The average molecular weight is 364 g/mol. The van der Waals surface area contributed by atoms with Crippen molar-refractivity contribution < 1.29 is 29.4 Å². The second-order valence-electron chi connectivity index (χ2n) is 6.25. The van der Waals surface area contributed by atoms with Crippen LogP contribution in [0.3, 0.4) is 0 Å². The quantitative estimate of drug-likeness (QED) is 0.537. The molecule has 0 saturated heterocycles. The number of hydrogen-bond acceptors (Lipinski definition) is 4. The maximum Gasteiger partial charge on any atom is 0.316 e. The highest BCUT2D eigenvalue weighted by Crippen LogP contribution is 2.23. The number of carbonyl (C=O) groups is 4. The van der Waals surface area contributed by atoms with Crippen LogP contribution in [0.2, 0.25) is 0 Å². The molecule has 0 radical (unpaired) electrons. The third-order valence-corrected chi connectivity index (χ3v) is 4.55. The number of rotatable bonds is 8. The van der Waals surface area contributed by atoms with E-state index >= 15 is 0 Å². The standard InChI is InChI=1S/C12H14O3.C8H14O3/c1-3-9(12(14)15)11(13)10-7-5-4-6-8(10)2;1-4-6(9)8(3,5-2)7(10)11/h4-7,9H,3H2,1-2H3,(H,14,15);4-5H2,1-3H3,(H,10,11). The number of aryl methyl sites for hydroxylation is 1. The van der Waals surface area contributed by atoms with Gasteiger partial charge in [-0.3, -0.25) is 19.2 Å². The molecule has 2 unspecified atom stereocenters. The highest BCUT2D eigenvalue weighted by atomic mass is 16.4.